The Kier molecular flexibility index (Phi) is 4.61. The maximum Gasteiger partial charge on any atom is 0.305 e. The van der Waals surface area contributed by atoms with E-state index >= 15 is 0 Å². The molecule has 0 saturated heterocycles. The molecule has 5 heteroatoms. The predicted octanol–water partition coefficient (Wildman–Crippen LogP) is 1.68. The zero-order valence-corrected chi connectivity index (χ0v) is 11.9. The maximum absolute atomic E-state index is 12.3. The van der Waals surface area contributed by atoms with Gasteiger partial charge in [0.05, 0.1) is 7.11 Å². The Morgan fingerprint density at radius 2 is 2.20 bits per heavy atom. The minimum atomic E-state index is -0.241. The van der Waals surface area contributed by atoms with Gasteiger partial charge >= 0.3 is 5.97 Å². The average molecular weight is 276 g/mol. The number of nitrogens with zero attached hydrogens (tertiary/aromatic N) is 1. The van der Waals surface area contributed by atoms with E-state index < -0.39 is 0 Å². The number of methoxy groups -OCH3 is 1. The molecule has 0 atom stereocenters. The summed E-state index contributed by atoms with van der Waals surface area (Å²) in [5.41, 5.74) is 3.02. The van der Waals surface area contributed by atoms with Crippen molar-refractivity contribution in [1.82, 2.24) is 4.90 Å². The van der Waals surface area contributed by atoms with Crippen LogP contribution in [-0.4, -0.2) is 44.0 Å². The molecule has 0 fully saturated rings. The van der Waals surface area contributed by atoms with Crippen LogP contribution in [0.15, 0.2) is 18.2 Å². The molecule has 1 aliphatic heterocycles. The molecule has 20 heavy (non-hydrogen) atoms. The Balaban J connectivity index is 1.91. The molecule has 1 aromatic carbocycles. The number of ether oxygens (including phenoxy) is 1. The molecule has 1 aliphatic rings. The van der Waals surface area contributed by atoms with Crippen LogP contribution >= 0.6 is 0 Å². The van der Waals surface area contributed by atoms with E-state index in [0.29, 0.717) is 24.9 Å². The fourth-order valence-corrected chi connectivity index (χ4v) is 2.32. The molecule has 1 aromatic rings. The third-order valence-electron chi connectivity index (χ3n) is 3.51. The van der Waals surface area contributed by atoms with E-state index in [-0.39, 0.29) is 11.9 Å². The molecule has 1 heterocycles. The summed E-state index contributed by atoms with van der Waals surface area (Å²) >= 11 is 0. The van der Waals surface area contributed by atoms with Crippen molar-refractivity contribution >= 4 is 17.6 Å². The maximum atomic E-state index is 12.3. The van der Waals surface area contributed by atoms with Gasteiger partial charge in [0.1, 0.15) is 0 Å². The van der Waals surface area contributed by atoms with Gasteiger partial charge in [-0.2, -0.15) is 0 Å². The molecule has 108 valence electrons. The quantitative estimate of drug-likeness (QED) is 0.831. The van der Waals surface area contributed by atoms with Gasteiger partial charge in [-0.25, -0.2) is 0 Å². The highest BCUT2D eigenvalue weighted by molar-refractivity contribution is 5.95. The number of rotatable bonds is 5. The van der Waals surface area contributed by atoms with Crippen LogP contribution in [0.3, 0.4) is 0 Å². The summed E-state index contributed by atoms with van der Waals surface area (Å²) in [6.07, 6.45) is 1.91. The van der Waals surface area contributed by atoms with Crippen LogP contribution in [0.5, 0.6) is 0 Å². The number of benzene rings is 1. The first-order chi connectivity index (χ1) is 9.61. The van der Waals surface area contributed by atoms with Crippen molar-refractivity contribution in [2.45, 2.75) is 19.3 Å². The molecule has 0 radical (unpaired) electrons. The fourth-order valence-electron chi connectivity index (χ4n) is 2.32. The standard InChI is InChI=1S/C15H20N2O3/c1-17(9-3-4-14(18)20-2)15(19)12-5-6-13-11(10-12)7-8-16-13/h5-6,10,16H,3-4,7-9H2,1-2H3. The highest BCUT2D eigenvalue weighted by Crippen LogP contribution is 2.23. The van der Waals surface area contributed by atoms with Crippen molar-refractivity contribution in [1.29, 1.82) is 0 Å². The van der Waals surface area contributed by atoms with Crippen molar-refractivity contribution in [2.24, 2.45) is 0 Å². The van der Waals surface area contributed by atoms with Gasteiger partial charge in [0.15, 0.2) is 0 Å². The molecule has 0 unspecified atom stereocenters. The Hall–Kier alpha value is -2.04. The van der Waals surface area contributed by atoms with Crippen molar-refractivity contribution in [3.05, 3.63) is 29.3 Å². The summed E-state index contributed by atoms with van der Waals surface area (Å²) in [5.74, 6) is -0.251. The zero-order chi connectivity index (χ0) is 14.5. The zero-order valence-electron chi connectivity index (χ0n) is 11.9. The summed E-state index contributed by atoms with van der Waals surface area (Å²) in [6.45, 7) is 1.48. The van der Waals surface area contributed by atoms with Gasteiger partial charge < -0.3 is 15.0 Å². The van der Waals surface area contributed by atoms with Gasteiger partial charge in [0.2, 0.25) is 0 Å². The van der Waals surface area contributed by atoms with Crippen LogP contribution in [0, 0.1) is 0 Å². The van der Waals surface area contributed by atoms with Gasteiger partial charge in [0.25, 0.3) is 5.91 Å². The van der Waals surface area contributed by atoms with Crippen molar-refractivity contribution in [3.8, 4) is 0 Å². The van der Waals surface area contributed by atoms with Crippen molar-refractivity contribution < 1.29 is 14.3 Å². The van der Waals surface area contributed by atoms with Gasteiger partial charge in [-0.05, 0) is 36.6 Å². The van der Waals surface area contributed by atoms with E-state index in [9.17, 15) is 9.59 Å². The summed E-state index contributed by atoms with van der Waals surface area (Å²) in [4.78, 5) is 25.0. The number of carbonyl (C=O) groups excluding carboxylic acids is 2. The number of carbonyl (C=O) groups is 2. The molecule has 0 bridgehead atoms. The van der Waals surface area contributed by atoms with E-state index in [0.717, 1.165) is 18.7 Å². The normalized spacial score (nSPS) is 12.5. The van der Waals surface area contributed by atoms with Gasteiger partial charge in [0, 0.05) is 37.8 Å². The lowest BCUT2D eigenvalue weighted by Gasteiger charge is -2.17. The molecule has 1 N–H and O–H groups in total. The summed E-state index contributed by atoms with van der Waals surface area (Å²) in [7, 11) is 3.13. The lowest BCUT2D eigenvalue weighted by molar-refractivity contribution is -0.140. The second-order valence-electron chi connectivity index (χ2n) is 4.96. The number of anilines is 1. The third-order valence-corrected chi connectivity index (χ3v) is 3.51. The SMILES string of the molecule is COC(=O)CCCN(C)C(=O)c1ccc2c(c1)CCN2. The van der Waals surface area contributed by atoms with Crippen LogP contribution in [0.1, 0.15) is 28.8 Å². The molecule has 0 aromatic heterocycles. The van der Waals surface area contributed by atoms with Crippen LogP contribution in [0.4, 0.5) is 5.69 Å². The Morgan fingerprint density at radius 1 is 1.40 bits per heavy atom. The minimum Gasteiger partial charge on any atom is -0.469 e. The van der Waals surface area contributed by atoms with E-state index in [4.69, 9.17) is 0 Å². The number of esters is 1. The van der Waals surface area contributed by atoms with Gasteiger partial charge in [-0.15, -0.1) is 0 Å². The number of fused-ring (bicyclic) bond motifs is 1. The Labute approximate surface area is 118 Å². The summed E-state index contributed by atoms with van der Waals surface area (Å²) < 4.78 is 4.58. The molecule has 0 aliphatic carbocycles. The lowest BCUT2D eigenvalue weighted by atomic mass is 10.1. The van der Waals surface area contributed by atoms with Crippen LogP contribution in [0.25, 0.3) is 0 Å². The highest BCUT2D eigenvalue weighted by Gasteiger charge is 2.16. The summed E-state index contributed by atoms with van der Waals surface area (Å²) in [5, 5.41) is 3.27. The average Bonchev–Trinajstić information content (AvgIpc) is 2.93. The number of hydrogen-bond acceptors (Lipinski definition) is 4. The summed E-state index contributed by atoms with van der Waals surface area (Å²) in [6, 6.07) is 5.75. The lowest BCUT2D eigenvalue weighted by Crippen LogP contribution is -2.28. The molecule has 0 saturated carbocycles. The molecule has 1 amide bonds. The first-order valence-corrected chi connectivity index (χ1v) is 6.81. The van der Waals surface area contributed by atoms with Crippen LogP contribution in [-0.2, 0) is 16.0 Å². The second kappa shape index (κ2) is 6.41. The Bertz CT molecular complexity index is 514. The first kappa shape index (κ1) is 14.4. The van der Waals surface area contributed by atoms with Crippen LogP contribution < -0.4 is 5.32 Å². The molecule has 2 rings (SSSR count). The molecule has 0 spiro atoms. The van der Waals surface area contributed by atoms with E-state index in [1.54, 1.807) is 11.9 Å². The van der Waals surface area contributed by atoms with Crippen molar-refractivity contribution in [3.63, 3.8) is 0 Å². The second-order valence-corrected chi connectivity index (χ2v) is 4.96. The monoisotopic (exact) mass is 276 g/mol. The first-order valence-electron chi connectivity index (χ1n) is 6.81. The smallest absolute Gasteiger partial charge is 0.305 e. The van der Waals surface area contributed by atoms with Crippen LogP contribution in [0.2, 0.25) is 0 Å². The topological polar surface area (TPSA) is 58.6 Å². The molecular formula is C15H20N2O3. The highest BCUT2D eigenvalue weighted by atomic mass is 16.5. The van der Waals surface area contributed by atoms with E-state index in [1.165, 1.54) is 12.7 Å². The fraction of sp³-hybridized carbons (Fsp3) is 0.467. The number of hydrogen-bond donors (Lipinski definition) is 1. The minimum absolute atomic E-state index is 0.00966. The largest absolute Gasteiger partial charge is 0.469 e. The van der Waals surface area contributed by atoms with E-state index in [1.807, 2.05) is 18.2 Å². The number of amides is 1. The van der Waals surface area contributed by atoms with E-state index in [2.05, 4.69) is 10.1 Å². The predicted molar refractivity (Wildman–Crippen MR) is 76.8 cm³/mol. The van der Waals surface area contributed by atoms with Gasteiger partial charge in [-0.3, -0.25) is 9.59 Å². The molecular weight excluding hydrogens is 256 g/mol. The Morgan fingerprint density at radius 3 is 2.95 bits per heavy atom. The van der Waals surface area contributed by atoms with Crippen molar-refractivity contribution in [2.75, 3.05) is 32.6 Å². The molecule has 5 nitrogen and oxygen atoms in total. The number of nitrogens with one attached hydrogen (secondary N) is 1. The van der Waals surface area contributed by atoms with Gasteiger partial charge in [-0.1, -0.05) is 0 Å². The third kappa shape index (κ3) is 3.29.